The zero-order valence-electron chi connectivity index (χ0n) is 8.21. The Hall–Kier alpha value is -0.340. The highest BCUT2D eigenvalue weighted by atomic mass is 15.1. The average Bonchev–Trinajstić information content (AvgIpc) is 1.83. The van der Waals surface area contributed by atoms with Crippen LogP contribution < -0.4 is 5.73 Å². The number of likely N-dealkylation sites (N-methyl/N-ethyl adjacent to an activating group) is 1. The van der Waals surface area contributed by atoms with Gasteiger partial charge in [0.1, 0.15) is 0 Å². The van der Waals surface area contributed by atoms with Gasteiger partial charge in [-0.25, -0.2) is 0 Å². The third-order valence-corrected chi connectivity index (χ3v) is 2.77. The molecular weight excluding hydrogens is 148 g/mol. The molecule has 0 aromatic carbocycles. The number of nitrogens with zero attached hydrogens (tertiary/aromatic N) is 1. The third-order valence-electron chi connectivity index (χ3n) is 2.77. The van der Waals surface area contributed by atoms with E-state index in [1.54, 1.807) is 0 Å². The number of hydrogen-bond donors (Lipinski definition) is 1. The molecule has 70 valence electrons. The lowest BCUT2D eigenvalue weighted by Gasteiger charge is -2.42. The highest BCUT2D eigenvalue weighted by molar-refractivity contribution is 4.96. The maximum Gasteiger partial charge on any atom is 0.0187 e. The molecule has 2 atom stereocenters. The fourth-order valence-corrected chi connectivity index (χ4v) is 1.95. The summed E-state index contributed by atoms with van der Waals surface area (Å²) in [5, 5.41) is 0. The van der Waals surface area contributed by atoms with Gasteiger partial charge in [0, 0.05) is 12.6 Å². The first-order chi connectivity index (χ1) is 5.65. The Morgan fingerprint density at radius 3 is 2.58 bits per heavy atom. The van der Waals surface area contributed by atoms with Gasteiger partial charge in [0.15, 0.2) is 0 Å². The van der Waals surface area contributed by atoms with Crippen LogP contribution in [-0.4, -0.2) is 31.1 Å². The van der Waals surface area contributed by atoms with Gasteiger partial charge in [-0.2, -0.15) is 0 Å². The summed E-state index contributed by atoms with van der Waals surface area (Å²) in [5.74, 6) is 0.731. The van der Waals surface area contributed by atoms with E-state index in [0.717, 1.165) is 19.0 Å². The lowest BCUT2D eigenvalue weighted by molar-refractivity contribution is 0.0978. The van der Waals surface area contributed by atoms with E-state index in [0.29, 0.717) is 6.04 Å². The maximum atomic E-state index is 5.64. The van der Waals surface area contributed by atoms with Gasteiger partial charge in [-0.05, 0) is 39.3 Å². The number of nitrogens with two attached hydrogens (primary N) is 1. The number of hydrogen-bond acceptors (Lipinski definition) is 2. The Kier molecular flexibility index (Phi) is 3.29. The Bertz CT molecular complexity index is 163. The summed E-state index contributed by atoms with van der Waals surface area (Å²) >= 11 is 0. The van der Waals surface area contributed by atoms with E-state index in [4.69, 9.17) is 5.73 Å². The lowest BCUT2D eigenvalue weighted by atomic mass is 9.78. The molecule has 1 fully saturated rings. The van der Waals surface area contributed by atoms with Crippen molar-refractivity contribution in [1.29, 1.82) is 0 Å². The van der Waals surface area contributed by atoms with Gasteiger partial charge in [0.05, 0.1) is 0 Å². The van der Waals surface area contributed by atoms with Crippen LogP contribution in [0.15, 0.2) is 12.2 Å². The molecule has 2 heteroatoms. The molecule has 2 unspecified atom stereocenters. The van der Waals surface area contributed by atoms with E-state index in [1.165, 1.54) is 18.4 Å². The van der Waals surface area contributed by atoms with Crippen molar-refractivity contribution in [3.05, 3.63) is 12.2 Å². The van der Waals surface area contributed by atoms with Gasteiger partial charge < -0.3 is 5.73 Å². The van der Waals surface area contributed by atoms with Crippen LogP contribution in [0.4, 0.5) is 0 Å². The van der Waals surface area contributed by atoms with Crippen molar-refractivity contribution < 1.29 is 0 Å². The molecule has 0 radical (unpaired) electrons. The van der Waals surface area contributed by atoms with Crippen molar-refractivity contribution in [3.8, 4) is 0 Å². The zero-order valence-corrected chi connectivity index (χ0v) is 8.21. The Morgan fingerprint density at radius 2 is 2.25 bits per heavy atom. The van der Waals surface area contributed by atoms with E-state index in [2.05, 4.69) is 25.5 Å². The molecule has 0 bridgehead atoms. The molecule has 1 aliphatic rings. The minimum absolute atomic E-state index is 0.715. The Balaban J connectivity index is 2.32. The predicted octanol–water partition coefficient (Wildman–Crippen LogP) is 1.23. The predicted molar refractivity (Wildman–Crippen MR) is 53.0 cm³/mol. The first-order valence-corrected chi connectivity index (χ1v) is 4.70. The summed E-state index contributed by atoms with van der Waals surface area (Å²) in [5.41, 5.74) is 6.88. The van der Waals surface area contributed by atoms with Crippen molar-refractivity contribution in [1.82, 2.24) is 4.90 Å². The van der Waals surface area contributed by atoms with Crippen molar-refractivity contribution >= 4 is 0 Å². The fraction of sp³-hybridized carbons (Fsp3) is 0.800. The van der Waals surface area contributed by atoms with Crippen molar-refractivity contribution in [2.24, 2.45) is 11.7 Å². The smallest absolute Gasteiger partial charge is 0.0187 e. The number of rotatable bonds is 4. The Labute approximate surface area is 75.4 Å². The normalized spacial score (nSPS) is 28.7. The van der Waals surface area contributed by atoms with Crippen molar-refractivity contribution in [2.75, 3.05) is 20.1 Å². The van der Waals surface area contributed by atoms with Crippen LogP contribution in [0.3, 0.4) is 0 Å². The largest absolute Gasteiger partial charge is 0.330 e. The van der Waals surface area contributed by atoms with Gasteiger partial charge in [-0.3, -0.25) is 4.90 Å². The van der Waals surface area contributed by atoms with Crippen LogP contribution in [0.25, 0.3) is 0 Å². The van der Waals surface area contributed by atoms with Gasteiger partial charge in [-0.1, -0.05) is 12.2 Å². The first-order valence-electron chi connectivity index (χ1n) is 4.70. The molecule has 1 aliphatic carbocycles. The van der Waals surface area contributed by atoms with Crippen LogP contribution in [0.2, 0.25) is 0 Å². The topological polar surface area (TPSA) is 29.3 Å². The molecule has 0 amide bonds. The van der Waals surface area contributed by atoms with Gasteiger partial charge >= 0.3 is 0 Å². The molecule has 12 heavy (non-hydrogen) atoms. The summed E-state index contributed by atoms with van der Waals surface area (Å²) < 4.78 is 0. The van der Waals surface area contributed by atoms with E-state index >= 15 is 0 Å². The molecule has 2 nitrogen and oxygen atoms in total. The standard InChI is InChI=1S/C10H20N2/c1-8(2)7-12(3)10-5-4-9(10)6-11/h9-10H,1,4-7,11H2,2-3H3. The summed E-state index contributed by atoms with van der Waals surface area (Å²) in [6.07, 6.45) is 2.62. The maximum absolute atomic E-state index is 5.64. The second-order valence-corrected chi connectivity index (χ2v) is 4.01. The van der Waals surface area contributed by atoms with Crippen molar-refractivity contribution in [2.45, 2.75) is 25.8 Å². The zero-order chi connectivity index (χ0) is 9.14. The quantitative estimate of drug-likeness (QED) is 0.640. The summed E-state index contributed by atoms with van der Waals surface area (Å²) in [7, 11) is 2.17. The highest BCUT2D eigenvalue weighted by Crippen LogP contribution is 2.30. The van der Waals surface area contributed by atoms with E-state index in [9.17, 15) is 0 Å². The van der Waals surface area contributed by atoms with Gasteiger partial charge in [-0.15, -0.1) is 0 Å². The van der Waals surface area contributed by atoms with Crippen LogP contribution >= 0.6 is 0 Å². The lowest BCUT2D eigenvalue weighted by Crippen LogP contribution is -2.48. The average molecular weight is 168 g/mol. The summed E-state index contributed by atoms with van der Waals surface area (Å²) in [4.78, 5) is 2.38. The molecule has 0 heterocycles. The van der Waals surface area contributed by atoms with Crippen LogP contribution in [-0.2, 0) is 0 Å². The monoisotopic (exact) mass is 168 g/mol. The molecule has 0 spiro atoms. The SMILES string of the molecule is C=C(C)CN(C)C1CCC1CN. The highest BCUT2D eigenvalue weighted by Gasteiger charge is 2.32. The second kappa shape index (κ2) is 4.06. The molecule has 0 aromatic heterocycles. The minimum atomic E-state index is 0.715. The molecule has 1 saturated carbocycles. The molecule has 0 aromatic rings. The third kappa shape index (κ3) is 2.08. The van der Waals surface area contributed by atoms with E-state index in [1.807, 2.05) is 0 Å². The molecular formula is C10H20N2. The Morgan fingerprint density at radius 1 is 1.58 bits per heavy atom. The summed E-state index contributed by atoms with van der Waals surface area (Å²) in [6.45, 7) is 7.84. The molecule has 0 aliphatic heterocycles. The minimum Gasteiger partial charge on any atom is -0.330 e. The van der Waals surface area contributed by atoms with Gasteiger partial charge in [0.2, 0.25) is 0 Å². The van der Waals surface area contributed by atoms with Crippen molar-refractivity contribution in [3.63, 3.8) is 0 Å². The summed E-state index contributed by atoms with van der Waals surface area (Å²) in [6, 6.07) is 0.715. The second-order valence-electron chi connectivity index (χ2n) is 4.01. The van der Waals surface area contributed by atoms with Crippen LogP contribution in [0, 0.1) is 5.92 Å². The van der Waals surface area contributed by atoms with Crippen LogP contribution in [0.1, 0.15) is 19.8 Å². The van der Waals surface area contributed by atoms with E-state index in [-0.39, 0.29) is 0 Å². The molecule has 1 rings (SSSR count). The molecule has 2 N–H and O–H groups in total. The fourth-order valence-electron chi connectivity index (χ4n) is 1.95. The first kappa shape index (κ1) is 9.75. The van der Waals surface area contributed by atoms with Gasteiger partial charge in [0.25, 0.3) is 0 Å². The van der Waals surface area contributed by atoms with E-state index < -0.39 is 0 Å². The van der Waals surface area contributed by atoms with Crippen LogP contribution in [0.5, 0.6) is 0 Å². The molecule has 0 saturated heterocycles.